The van der Waals surface area contributed by atoms with Crippen LogP contribution in [0.1, 0.15) is 11.1 Å². The molecule has 0 bridgehead atoms. The van der Waals surface area contributed by atoms with Crippen molar-refractivity contribution in [1.82, 2.24) is 0 Å². The number of rotatable bonds is 5. The zero-order chi connectivity index (χ0) is 18.7. The number of benzene rings is 2. The maximum Gasteiger partial charge on any atom is 0.387 e. The number of ether oxygens (including phenoxy) is 3. The van der Waals surface area contributed by atoms with Crippen molar-refractivity contribution in [2.75, 3.05) is 7.11 Å². The van der Waals surface area contributed by atoms with Crippen LogP contribution in [0.25, 0.3) is 6.08 Å². The number of methoxy groups -OCH3 is 1. The summed E-state index contributed by atoms with van der Waals surface area (Å²) in [6.07, 6.45) is 1.42. The quantitative estimate of drug-likeness (QED) is 0.574. The molecular weight excluding hydrogens is 368 g/mol. The van der Waals surface area contributed by atoms with Crippen LogP contribution in [0.15, 0.2) is 53.2 Å². The van der Waals surface area contributed by atoms with Crippen LogP contribution >= 0.6 is 11.6 Å². The third-order valence-electron chi connectivity index (χ3n) is 3.40. The van der Waals surface area contributed by atoms with E-state index in [1.807, 2.05) is 6.07 Å². The smallest absolute Gasteiger partial charge is 0.387 e. The molecule has 26 heavy (non-hydrogen) atoms. The van der Waals surface area contributed by atoms with Crippen molar-refractivity contribution in [3.8, 4) is 11.5 Å². The van der Waals surface area contributed by atoms with Crippen molar-refractivity contribution in [2.45, 2.75) is 6.61 Å². The van der Waals surface area contributed by atoms with Crippen LogP contribution in [-0.2, 0) is 9.53 Å². The minimum Gasteiger partial charge on any atom is -0.493 e. The number of halogens is 3. The van der Waals surface area contributed by atoms with Crippen LogP contribution < -0.4 is 9.47 Å². The number of esters is 1. The molecule has 0 atom stereocenters. The van der Waals surface area contributed by atoms with Gasteiger partial charge in [0, 0.05) is 5.56 Å². The Morgan fingerprint density at radius 2 is 1.96 bits per heavy atom. The van der Waals surface area contributed by atoms with E-state index in [4.69, 9.17) is 21.1 Å². The van der Waals surface area contributed by atoms with Gasteiger partial charge < -0.3 is 14.2 Å². The molecule has 1 aliphatic heterocycles. The topological polar surface area (TPSA) is 57.1 Å². The molecule has 0 aromatic heterocycles. The van der Waals surface area contributed by atoms with E-state index in [0.717, 1.165) is 0 Å². The van der Waals surface area contributed by atoms with Gasteiger partial charge in [-0.15, -0.1) is 0 Å². The van der Waals surface area contributed by atoms with E-state index in [1.54, 1.807) is 24.3 Å². The molecule has 8 heteroatoms. The first-order chi connectivity index (χ1) is 12.5. The first-order valence-electron chi connectivity index (χ1n) is 7.38. The highest BCUT2D eigenvalue weighted by molar-refractivity contribution is 6.32. The van der Waals surface area contributed by atoms with Crippen LogP contribution in [-0.4, -0.2) is 25.6 Å². The van der Waals surface area contributed by atoms with Crippen LogP contribution in [0.2, 0.25) is 5.02 Å². The van der Waals surface area contributed by atoms with Gasteiger partial charge in [-0.1, -0.05) is 29.8 Å². The van der Waals surface area contributed by atoms with Crippen molar-refractivity contribution in [1.29, 1.82) is 0 Å². The molecule has 2 aromatic carbocycles. The molecule has 1 heterocycles. The summed E-state index contributed by atoms with van der Waals surface area (Å²) in [5.74, 6) is -0.735. The molecule has 1 aliphatic rings. The van der Waals surface area contributed by atoms with Gasteiger partial charge in [-0.05, 0) is 35.9 Å². The van der Waals surface area contributed by atoms with Crippen molar-refractivity contribution in [3.63, 3.8) is 0 Å². The summed E-state index contributed by atoms with van der Waals surface area (Å²) in [6, 6.07) is 11.7. The van der Waals surface area contributed by atoms with E-state index in [2.05, 4.69) is 9.73 Å². The molecule has 0 aliphatic carbocycles. The second kappa shape index (κ2) is 7.53. The van der Waals surface area contributed by atoms with Crippen molar-refractivity contribution in [3.05, 3.63) is 64.3 Å². The molecule has 0 N–H and O–H groups in total. The zero-order valence-corrected chi connectivity index (χ0v) is 14.2. The Morgan fingerprint density at radius 1 is 1.23 bits per heavy atom. The average Bonchev–Trinajstić information content (AvgIpc) is 2.98. The largest absolute Gasteiger partial charge is 0.493 e. The van der Waals surface area contributed by atoms with E-state index in [9.17, 15) is 13.6 Å². The Balaban J connectivity index is 1.95. The minimum atomic E-state index is -3.05. The van der Waals surface area contributed by atoms with E-state index in [1.165, 1.54) is 25.3 Å². The second-order valence-corrected chi connectivity index (χ2v) is 5.52. The maximum absolute atomic E-state index is 12.5. The molecule has 0 unspecified atom stereocenters. The van der Waals surface area contributed by atoms with Crippen LogP contribution in [0, 0.1) is 0 Å². The molecular formula is C18H12ClF2NO4. The lowest BCUT2D eigenvalue weighted by molar-refractivity contribution is -0.129. The number of nitrogens with zero attached hydrogens (tertiary/aromatic N) is 1. The molecule has 5 nitrogen and oxygen atoms in total. The summed E-state index contributed by atoms with van der Waals surface area (Å²) in [6.45, 7) is -3.05. The number of carbonyl (C=O) groups excluding carboxylic acids is 1. The lowest BCUT2D eigenvalue weighted by atomic mass is 10.1. The second-order valence-electron chi connectivity index (χ2n) is 5.11. The highest BCUT2D eigenvalue weighted by atomic mass is 35.5. The molecule has 0 amide bonds. The van der Waals surface area contributed by atoms with Crippen molar-refractivity contribution < 1.29 is 27.8 Å². The number of hydrogen-bond donors (Lipinski definition) is 0. The van der Waals surface area contributed by atoms with Gasteiger partial charge in [0.2, 0.25) is 5.90 Å². The number of aliphatic imine (C=N–C) groups is 1. The standard InChI is InChI=1S/C18H12ClF2NO4/c1-24-14-9-10(7-12(19)15(14)25-18(20)21)8-13-17(23)26-16(22-13)11-5-3-2-4-6-11/h2-9,18H,1H3/b13-8-. The third kappa shape index (κ3) is 3.83. The summed E-state index contributed by atoms with van der Waals surface area (Å²) in [5.41, 5.74) is 1.11. The highest BCUT2D eigenvalue weighted by Crippen LogP contribution is 2.38. The minimum absolute atomic E-state index is 0.00303. The Morgan fingerprint density at radius 3 is 2.62 bits per heavy atom. The van der Waals surface area contributed by atoms with Crippen LogP contribution in [0.3, 0.4) is 0 Å². The summed E-state index contributed by atoms with van der Waals surface area (Å²) in [7, 11) is 1.29. The summed E-state index contributed by atoms with van der Waals surface area (Å²) in [4.78, 5) is 16.2. The highest BCUT2D eigenvalue weighted by Gasteiger charge is 2.24. The Labute approximate surface area is 152 Å². The van der Waals surface area contributed by atoms with Crippen LogP contribution in [0.4, 0.5) is 8.78 Å². The zero-order valence-electron chi connectivity index (χ0n) is 13.4. The van der Waals surface area contributed by atoms with E-state index in [0.29, 0.717) is 11.1 Å². The van der Waals surface area contributed by atoms with Gasteiger partial charge in [0.05, 0.1) is 12.1 Å². The summed E-state index contributed by atoms with van der Waals surface area (Å²) in [5, 5.41) is -0.0878. The first-order valence-corrected chi connectivity index (χ1v) is 7.76. The van der Waals surface area contributed by atoms with Gasteiger partial charge in [0.15, 0.2) is 17.2 Å². The summed E-state index contributed by atoms with van der Waals surface area (Å²) >= 11 is 5.98. The molecule has 0 radical (unpaired) electrons. The molecule has 2 aromatic rings. The van der Waals surface area contributed by atoms with E-state index >= 15 is 0 Å². The fourth-order valence-corrected chi connectivity index (χ4v) is 2.56. The maximum atomic E-state index is 12.5. The molecule has 0 spiro atoms. The van der Waals surface area contributed by atoms with Gasteiger partial charge in [0.1, 0.15) is 0 Å². The normalized spacial score (nSPS) is 15.2. The Hall–Kier alpha value is -2.93. The molecule has 3 rings (SSSR count). The van der Waals surface area contributed by atoms with Crippen molar-refractivity contribution >= 4 is 29.5 Å². The Bertz CT molecular complexity index is 898. The van der Waals surface area contributed by atoms with Gasteiger partial charge in [-0.25, -0.2) is 9.79 Å². The molecule has 0 saturated carbocycles. The van der Waals surface area contributed by atoms with Gasteiger partial charge in [-0.3, -0.25) is 0 Å². The molecule has 0 saturated heterocycles. The number of cyclic esters (lactones) is 1. The van der Waals surface area contributed by atoms with E-state index < -0.39 is 12.6 Å². The SMILES string of the molecule is COc1cc(/C=C2\N=C(c3ccccc3)OC2=O)cc(Cl)c1OC(F)F. The molecule has 0 fully saturated rings. The monoisotopic (exact) mass is 379 g/mol. The number of hydrogen-bond acceptors (Lipinski definition) is 5. The fraction of sp³-hybridized carbons (Fsp3) is 0.111. The first kappa shape index (κ1) is 17.9. The van der Waals surface area contributed by atoms with Gasteiger partial charge in [0.25, 0.3) is 0 Å². The lowest BCUT2D eigenvalue weighted by Crippen LogP contribution is -2.05. The Kier molecular flexibility index (Phi) is 5.18. The predicted octanol–water partition coefficient (Wildman–Crippen LogP) is 4.29. The van der Waals surface area contributed by atoms with Crippen LogP contribution in [0.5, 0.6) is 11.5 Å². The third-order valence-corrected chi connectivity index (χ3v) is 3.68. The predicted molar refractivity (Wildman–Crippen MR) is 91.7 cm³/mol. The fourth-order valence-electron chi connectivity index (χ4n) is 2.30. The summed E-state index contributed by atoms with van der Waals surface area (Å²) < 4.78 is 39.5. The molecule has 134 valence electrons. The number of alkyl halides is 2. The van der Waals surface area contributed by atoms with E-state index in [-0.39, 0.29) is 28.1 Å². The van der Waals surface area contributed by atoms with Gasteiger partial charge >= 0.3 is 12.6 Å². The average molecular weight is 380 g/mol. The van der Waals surface area contributed by atoms with Gasteiger partial charge in [-0.2, -0.15) is 8.78 Å². The van der Waals surface area contributed by atoms with Crippen molar-refractivity contribution in [2.24, 2.45) is 4.99 Å². The lowest BCUT2D eigenvalue weighted by Gasteiger charge is -2.12. The number of carbonyl (C=O) groups is 1.